The molecule has 0 aliphatic heterocycles. The molecule has 40 heavy (non-hydrogen) atoms. The molecule has 0 aliphatic rings. The van der Waals surface area contributed by atoms with Crippen LogP contribution >= 0.6 is 0 Å². The van der Waals surface area contributed by atoms with E-state index in [9.17, 15) is 14.4 Å². The van der Waals surface area contributed by atoms with Gasteiger partial charge in [-0.1, -0.05) is 49.6 Å². The van der Waals surface area contributed by atoms with E-state index in [4.69, 9.17) is 18.9 Å². The highest BCUT2D eigenvalue weighted by Gasteiger charge is 2.11. The topological polar surface area (TPSA) is 88.1 Å². The molecule has 0 bridgehead atoms. The fourth-order valence-electron chi connectivity index (χ4n) is 3.68. The van der Waals surface area contributed by atoms with Gasteiger partial charge >= 0.3 is 17.9 Å². The fourth-order valence-corrected chi connectivity index (χ4v) is 3.68. The minimum Gasteiger partial charge on any atom is -0.457 e. The SMILES string of the molecule is C=C(C)C(=O)OCOc1ccc(OC(=O)c2ccc(-c3ccc4cc(COC(=O)C(=C)C)ccc4c3)cc2)cc1. The van der Waals surface area contributed by atoms with Gasteiger partial charge in [0.05, 0.1) is 5.56 Å². The molecule has 202 valence electrons. The molecule has 0 amide bonds. The Labute approximate surface area is 232 Å². The van der Waals surface area contributed by atoms with Gasteiger partial charge in [0.2, 0.25) is 6.79 Å². The molecule has 0 heterocycles. The van der Waals surface area contributed by atoms with Gasteiger partial charge in [-0.3, -0.25) is 0 Å². The number of benzene rings is 4. The van der Waals surface area contributed by atoms with Crippen LogP contribution in [0.25, 0.3) is 21.9 Å². The van der Waals surface area contributed by atoms with Crippen LogP contribution < -0.4 is 9.47 Å². The summed E-state index contributed by atoms with van der Waals surface area (Å²) >= 11 is 0. The van der Waals surface area contributed by atoms with Crippen molar-refractivity contribution >= 4 is 28.7 Å². The average molecular weight is 537 g/mol. The normalized spacial score (nSPS) is 10.4. The lowest BCUT2D eigenvalue weighted by atomic mass is 9.99. The first-order chi connectivity index (χ1) is 19.2. The first-order valence-corrected chi connectivity index (χ1v) is 12.4. The Hall–Kier alpha value is -5.17. The highest BCUT2D eigenvalue weighted by molar-refractivity contribution is 5.92. The largest absolute Gasteiger partial charge is 0.457 e. The standard InChI is InChI=1S/C33H28O7/c1-21(2)31(34)37-19-23-5-6-28-18-27(12-11-26(28)17-23)24-7-9-25(10-8-24)33(36)40-30-15-13-29(14-16-30)38-20-39-32(35)22(3)4/h5-18H,1,3,19-20H2,2,4H3. The lowest BCUT2D eigenvalue weighted by molar-refractivity contribution is -0.145. The molecular weight excluding hydrogens is 508 g/mol. The number of hydrogen-bond donors (Lipinski definition) is 0. The van der Waals surface area contributed by atoms with E-state index in [1.165, 1.54) is 0 Å². The van der Waals surface area contributed by atoms with Crippen LogP contribution in [0.2, 0.25) is 0 Å². The molecule has 4 aromatic rings. The Morgan fingerprint density at radius 3 is 1.90 bits per heavy atom. The van der Waals surface area contributed by atoms with Crippen LogP contribution in [-0.2, 0) is 25.7 Å². The van der Waals surface area contributed by atoms with Crippen molar-refractivity contribution in [3.8, 4) is 22.6 Å². The first-order valence-electron chi connectivity index (χ1n) is 12.4. The molecule has 0 saturated carbocycles. The van der Waals surface area contributed by atoms with Crippen molar-refractivity contribution in [2.24, 2.45) is 0 Å². The fraction of sp³-hybridized carbons (Fsp3) is 0.121. The zero-order valence-corrected chi connectivity index (χ0v) is 22.3. The van der Waals surface area contributed by atoms with Crippen molar-refractivity contribution in [3.63, 3.8) is 0 Å². The molecule has 7 heteroatoms. The first kappa shape index (κ1) is 27.9. The van der Waals surface area contributed by atoms with Gasteiger partial charge in [0.15, 0.2) is 0 Å². The number of ether oxygens (including phenoxy) is 4. The summed E-state index contributed by atoms with van der Waals surface area (Å²) < 4.78 is 20.9. The lowest BCUT2D eigenvalue weighted by Gasteiger charge is -2.09. The quantitative estimate of drug-likeness (QED) is 0.0953. The number of esters is 3. The molecule has 0 unspecified atom stereocenters. The number of fused-ring (bicyclic) bond motifs is 1. The third-order valence-corrected chi connectivity index (χ3v) is 5.88. The molecule has 0 fully saturated rings. The van der Waals surface area contributed by atoms with E-state index in [1.54, 1.807) is 50.2 Å². The zero-order valence-electron chi connectivity index (χ0n) is 22.3. The van der Waals surface area contributed by atoms with Crippen molar-refractivity contribution in [3.05, 3.63) is 120 Å². The average Bonchev–Trinajstić information content (AvgIpc) is 2.96. The van der Waals surface area contributed by atoms with Crippen LogP contribution in [0.5, 0.6) is 11.5 Å². The summed E-state index contributed by atoms with van der Waals surface area (Å²) in [6, 6.07) is 25.5. The second-order valence-electron chi connectivity index (χ2n) is 9.17. The van der Waals surface area contributed by atoms with Crippen LogP contribution in [0, 0.1) is 0 Å². The molecule has 0 aromatic heterocycles. The number of hydrogen-bond acceptors (Lipinski definition) is 7. The summed E-state index contributed by atoms with van der Waals surface area (Å²) in [4.78, 5) is 35.7. The molecule has 0 spiro atoms. The van der Waals surface area contributed by atoms with Gasteiger partial charge in [-0.25, -0.2) is 14.4 Å². The third kappa shape index (κ3) is 7.23. The predicted octanol–water partition coefficient (Wildman–Crippen LogP) is 6.80. The summed E-state index contributed by atoms with van der Waals surface area (Å²) in [5.41, 5.74) is 3.90. The molecular formula is C33H28O7. The minimum absolute atomic E-state index is 0.186. The summed E-state index contributed by atoms with van der Waals surface area (Å²) in [6.07, 6.45) is 0. The number of rotatable bonds is 10. The van der Waals surface area contributed by atoms with E-state index >= 15 is 0 Å². The van der Waals surface area contributed by atoms with Crippen molar-refractivity contribution in [1.29, 1.82) is 0 Å². The van der Waals surface area contributed by atoms with E-state index in [0.29, 0.717) is 22.6 Å². The Bertz CT molecular complexity index is 1580. The Morgan fingerprint density at radius 1 is 0.650 bits per heavy atom. The second kappa shape index (κ2) is 12.6. The van der Waals surface area contributed by atoms with Gasteiger partial charge in [0.1, 0.15) is 18.1 Å². The van der Waals surface area contributed by atoms with Crippen LogP contribution in [0.4, 0.5) is 0 Å². The summed E-state index contributed by atoms with van der Waals surface area (Å²) in [5, 5.41) is 2.06. The van der Waals surface area contributed by atoms with Gasteiger partial charge in [-0.05, 0) is 89.8 Å². The molecule has 0 N–H and O–H groups in total. The third-order valence-electron chi connectivity index (χ3n) is 5.88. The minimum atomic E-state index is -0.536. The molecule has 0 aliphatic carbocycles. The summed E-state index contributed by atoms with van der Waals surface area (Å²) in [5.74, 6) is -0.633. The van der Waals surface area contributed by atoms with Crippen molar-refractivity contribution in [1.82, 2.24) is 0 Å². The van der Waals surface area contributed by atoms with Crippen LogP contribution in [0.3, 0.4) is 0 Å². The Balaban J connectivity index is 1.35. The molecule has 0 atom stereocenters. The van der Waals surface area contributed by atoms with Crippen molar-refractivity contribution < 1.29 is 33.3 Å². The summed E-state index contributed by atoms with van der Waals surface area (Å²) in [6.45, 7) is 10.2. The van der Waals surface area contributed by atoms with Gasteiger partial charge in [-0.2, -0.15) is 0 Å². The van der Waals surface area contributed by atoms with Gasteiger partial charge in [-0.15, -0.1) is 0 Å². The van der Waals surface area contributed by atoms with Gasteiger partial charge < -0.3 is 18.9 Å². The van der Waals surface area contributed by atoms with E-state index in [2.05, 4.69) is 19.2 Å². The smallest absolute Gasteiger partial charge is 0.343 e. The molecule has 7 nitrogen and oxygen atoms in total. The van der Waals surface area contributed by atoms with Crippen molar-refractivity contribution in [2.75, 3.05) is 6.79 Å². The molecule has 4 aromatic carbocycles. The zero-order chi connectivity index (χ0) is 28.6. The van der Waals surface area contributed by atoms with E-state index in [1.807, 2.05) is 42.5 Å². The van der Waals surface area contributed by atoms with Gasteiger partial charge in [0, 0.05) is 11.1 Å². The van der Waals surface area contributed by atoms with Crippen LogP contribution in [0.1, 0.15) is 29.8 Å². The van der Waals surface area contributed by atoms with E-state index in [0.717, 1.165) is 27.5 Å². The number of carbonyl (C=O) groups is 3. The lowest BCUT2D eigenvalue weighted by Crippen LogP contribution is -2.10. The molecule has 0 radical (unpaired) electrons. The second-order valence-corrected chi connectivity index (χ2v) is 9.17. The van der Waals surface area contributed by atoms with Crippen LogP contribution in [-0.4, -0.2) is 24.7 Å². The van der Waals surface area contributed by atoms with Gasteiger partial charge in [0.25, 0.3) is 0 Å². The monoisotopic (exact) mass is 536 g/mol. The van der Waals surface area contributed by atoms with E-state index < -0.39 is 17.9 Å². The maximum Gasteiger partial charge on any atom is 0.343 e. The maximum absolute atomic E-state index is 12.6. The predicted molar refractivity (Wildman–Crippen MR) is 152 cm³/mol. The summed E-state index contributed by atoms with van der Waals surface area (Å²) in [7, 11) is 0. The van der Waals surface area contributed by atoms with E-state index in [-0.39, 0.29) is 19.0 Å². The molecule has 4 rings (SSSR count). The van der Waals surface area contributed by atoms with Crippen molar-refractivity contribution in [2.45, 2.75) is 20.5 Å². The Morgan fingerprint density at radius 2 is 1.23 bits per heavy atom. The highest BCUT2D eigenvalue weighted by atomic mass is 16.7. The number of carbonyl (C=O) groups excluding carboxylic acids is 3. The van der Waals surface area contributed by atoms with Crippen LogP contribution in [0.15, 0.2) is 109 Å². The molecule has 0 saturated heterocycles. The maximum atomic E-state index is 12.6. The Kier molecular flexibility index (Phi) is 8.76. The highest BCUT2D eigenvalue weighted by Crippen LogP contribution is 2.26.